The second-order valence-corrected chi connectivity index (χ2v) is 7.85. The van der Waals surface area contributed by atoms with Crippen molar-refractivity contribution in [3.63, 3.8) is 0 Å². The molecule has 2 N–H and O–H groups in total. The molecule has 4 heteroatoms. The summed E-state index contributed by atoms with van der Waals surface area (Å²) >= 11 is 12.1. The first-order valence-corrected chi connectivity index (χ1v) is 9.34. The molecule has 2 aromatic carbocycles. The molecule has 0 spiro atoms. The predicted molar refractivity (Wildman–Crippen MR) is 98.4 cm³/mol. The van der Waals surface area contributed by atoms with E-state index in [2.05, 4.69) is 29.6 Å². The lowest BCUT2D eigenvalue weighted by atomic mass is 9.66. The molecule has 1 saturated heterocycles. The molecule has 2 bridgehead atoms. The van der Waals surface area contributed by atoms with Crippen LogP contribution in [0.25, 0.3) is 0 Å². The molecule has 1 heterocycles. The smallest absolute Gasteiger partial charge is 0.0632 e. The Bertz CT molecular complexity index is 641. The summed E-state index contributed by atoms with van der Waals surface area (Å²) in [5, 5.41) is 16.3. The van der Waals surface area contributed by atoms with Crippen molar-refractivity contribution in [3.05, 3.63) is 69.7 Å². The van der Waals surface area contributed by atoms with Crippen LogP contribution in [0.4, 0.5) is 0 Å². The third-order valence-electron chi connectivity index (χ3n) is 5.63. The van der Waals surface area contributed by atoms with Crippen molar-refractivity contribution in [3.8, 4) is 0 Å². The quantitative estimate of drug-likeness (QED) is 0.774. The molecule has 2 fully saturated rings. The van der Waals surface area contributed by atoms with Crippen LogP contribution in [0.2, 0.25) is 10.0 Å². The second-order valence-electron chi connectivity index (χ2n) is 6.97. The summed E-state index contributed by atoms with van der Waals surface area (Å²) in [5.41, 5.74) is 2.39. The van der Waals surface area contributed by atoms with Gasteiger partial charge in [0.05, 0.1) is 6.10 Å². The molecule has 24 heavy (non-hydrogen) atoms. The summed E-state index contributed by atoms with van der Waals surface area (Å²) in [5.74, 6) is 0.516. The number of nitrogens with one attached hydrogen (secondary N) is 1. The number of hydrogen-bond donors (Lipinski definition) is 2. The van der Waals surface area contributed by atoms with Gasteiger partial charge >= 0.3 is 0 Å². The highest BCUT2D eigenvalue weighted by molar-refractivity contribution is 6.30. The Morgan fingerprint density at radius 2 is 1.17 bits per heavy atom. The van der Waals surface area contributed by atoms with Crippen LogP contribution >= 0.6 is 23.2 Å². The average Bonchev–Trinajstić information content (AvgIpc) is 2.57. The van der Waals surface area contributed by atoms with Crippen LogP contribution in [0.3, 0.4) is 0 Å². The number of rotatable bonds is 2. The number of benzene rings is 2. The average molecular weight is 362 g/mol. The lowest BCUT2D eigenvalue weighted by molar-refractivity contribution is -0.0517. The van der Waals surface area contributed by atoms with Crippen LogP contribution in [0.1, 0.15) is 42.5 Å². The Morgan fingerprint density at radius 1 is 0.750 bits per heavy atom. The minimum atomic E-state index is -0.277. The minimum absolute atomic E-state index is 0.148. The van der Waals surface area contributed by atoms with Gasteiger partial charge in [0.2, 0.25) is 0 Å². The zero-order valence-corrected chi connectivity index (χ0v) is 14.8. The predicted octanol–water partition coefficient (Wildman–Crippen LogP) is 5.16. The van der Waals surface area contributed by atoms with Crippen molar-refractivity contribution >= 4 is 23.2 Å². The molecule has 126 valence electrons. The lowest BCUT2D eigenvalue weighted by Crippen LogP contribution is -2.52. The van der Waals surface area contributed by atoms with Crippen LogP contribution in [-0.4, -0.2) is 11.2 Å². The van der Waals surface area contributed by atoms with Crippen molar-refractivity contribution < 1.29 is 5.11 Å². The fraction of sp³-hybridized carbons (Fsp3) is 0.400. The number of hydrogen-bond acceptors (Lipinski definition) is 2. The maximum Gasteiger partial charge on any atom is 0.0632 e. The summed E-state index contributed by atoms with van der Waals surface area (Å²) < 4.78 is 0. The van der Waals surface area contributed by atoms with Gasteiger partial charge in [0.15, 0.2) is 0 Å². The van der Waals surface area contributed by atoms with Gasteiger partial charge in [-0.05, 0) is 48.2 Å². The highest BCUT2D eigenvalue weighted by atomic mass is 35.5. The van der Waals surface area contributed by atoms with Gasteiger partial charge in [-0.15, -0.1) is 0 Å². The minimum Gasteiger partial charge on any atom is -0.392 e. The summed E-state index contributed by atoms with van der Waals surface area (Å²) in [6, 6.07) is 16.3. The van der Waals surface area contributed by atoms with Crippen molar-refractivity contribution in [1.29, 1.82) is 0 Å². The zero-order chi connectivity index (χ0) is 16.7. The fourth-order valence-corrected chi connectivity index (χ4v) is 4.70. The van der Waals surface area contributed by atoms with E-state index in [1.54, 1.807) is 0 Å². The molecule has 1 saturated carbocycles. The summed E-state index contributed by atoms with van der Waals surface area (Å²) in [6.45, 7) is 0. The number of aliphatic hydroxyl groups excluding tert-OH is 1. The summed E-state index contributed by atoms with van der Waals surface area (Å²) in [7, 11) is 0. The normalized spacial score (nSPS) is 32.5. The van der Waals surface area contributed by atoms with E-state index in [0.29, 0.717) is 0 Å². The molecule has 0 amide bonds. The largest absolute Gasteiger partial charge is 0.392 e. The van der Waals surface area contributed by atoms with E-state index in [0.717, 1.165) is 22.9 Å². The third kappa shape index (κ3) is 2.97. The van der Waals surface area contributed by atoms with E-state index in [4.69, 9.17) is 23.2 Å². The molecule has 4 rings (SSSR count). The molecular formula is C20H21Cl2NO. The fourth-order valence-electron chi connectivity index (χ4n) is 4.44. The van der Waals surface area contributed by atoms with Crippen molar-refractivity contribution in [2.45, 2.75) is 37.5 Å². The Hall–Kier alpha value is -1.06. The molecule has 1 unspecified atom stereocenters. The van der Waals surface area contributed by atoms with Crippen LogP contribution in [0.15, 0.2) is 48.5 Å². The molecule has 2 aromatic rings. The first kappa shape index (κ1) is 16.4. The van der Waals surface area contributed by atoms with Crippen LogP contribution in [0, 0.1) is 11.8 Å². The van der Waals surface area contributed by atoms with E-state index < -0.39 is 0 Å². The van der Waals surface area contributed by atoms with Gasteiger partial charge in [0.1, 0.15) is 0 Å². The molecule has 1 aliphatic carbocycles. The molecule has 0 radical (unpaired) electrons. The van der Waals surface area contributed by atoms with E-state index in [9.17, 15) is 5.11 Å². The first-order chi connectivity index (χ1) is 11.6. The van der Waals surface area contributed by atoms with E-state index in [1.807, 2.05) is 24.3 Å². The Kier molecular flexibility index (Phi) is 4.57. The Labute approximate surface area is 152 Å². The number of halogens is 2. The van der Waals surface area contributed by atoms with Crippen LogP contribution in [-0.2, 0) is 0 Å². The molecular weight excluding hydrogens is 341 g/mol. The highest BCUT2D eigenvalue weighted by Crippen LogP contribution is 2.48. The van der Waals surface area contributed by atoms with Gasteiger partial charge in [-0.3, -0.25) is 0 Å². The van der Waals surface area contributed by atoms with Crippen molar-refractivity contribution in [1.82, 2.24) is 5.32 Å². The molecule has 5 atom stereocenters. The monoisotopic (exact) mass is 361 g/mol. The highest BCUT2D eigenvalue weighted by Gasteiger charge is 2.46. The summed E-state index contributed by atoms with van der Waals surface area (Å²) in [4.78, 5) is 0. The van der Waals surface area contributed by atoms with Crippen molar-refractivity contribution in [2.24, 2.45) is 11.8 Å². The van der Waals surface area contributed by atoms with Gasteiger partial charge in [-0.25, -0.2) is 0 Å². The SMILES string of the molecule is OC1[C@H]2CCC[C@@H]1[C@H](c1ccc(Cl)cc1)N[C@@H]2c1ccc(Cl)cc1. The maximum atomic E-state index is 11.0. The van der Waals surface area contributed by atoms with E-state index >= 15 is 0 Å². The number of fused-ring (bicyclic) bond motifs is 2. The van der Waals surface area contributed by atoms with Gasteiger partial charge in [0, 0.05) is 34.0 Å². The Morgan fingerprint density at radius 3 is 1.58 bits per heavy atom. The standard InChI is InChI=1S/C20H21Cl2NO/c21-14-8-4-12(5-9-14)18-16-2-1-3-17(20(16)24)19(23-18)13-6-10-15(22)11-7-13/h4-11,16-20,23-24H,1-3H2/t16-,17+,18+,19-,20?. The molecule has 0 aromatic heterocycles. The molecule has 1 aliphatic heterocycles. The maximum absolute atomic E-state index is 11.0. The van der Waals surface area contributed by atoms with Gasteiger partial charge in [-0.1, -0.05) is 53.9 Å². The molecule has 2 aliphatic rings. The lowest BCUT2D eigenvalue weighted by Gasteiger charge is -2.50. The van der Waals surface area contributed by atoms with Gasteiger partial charge in [-0.2, -0.15) is 0 Å². The van der Waals surface area contributed by atoms with Crippen LogP contribution in [0.5, 0.6) is 0 Å². The summed E-state index contributed by atoms with van der Waals surface area (Å²) in [6.07, 6.45) is 3.01. The third-order valence-corrected chi connectivity index (χ3v) is 6.13. The van der Waals surface area contributed by atoms with Crippen LogP contribution < -0.4 is 5.32 Å². The number of aliphatic hydroxyl groups is 1. The Balaban J connectivity index is 1.70. The van der Waals surface area contributed by atoms with E-state index in [-0.39, 0.29) is 30.0 Å². The first-order valence-electron chi connectivity index (χ1n) is 8.58. The van der Waals surface area contributed by atoms with Gasteiger partial charge < -0.3 is 10.4 Å². The van der Waals surface area contributed by atoms with Gasteiger partial charge in [0.25, 0.3) is 0 Å². The van der Waals surface area contributed by atoms with Crippen molar-refractivity contribution in [2.75, 3.05) is 0 Å². The second kappa shape index (κ2) is 6.68. The van der Waals surface area contributed by atoms with E-state index in [1.165, 1.54) is 17.5 Å². The number of piperidine rings is 1. The molecule has 2 nitrogen and oxygen atoms in total. The topological polar surface area (TPSA) is 32.3 Å². The zero-order valence-electron chi connectivity index (χ0n) is 13.3.